The third-order valence-electron chi connectivity index (χ3n) is 3.20. The first-order chi connectivity index (χ1) is 8.08. The largest absolute Gasteiger partial charge is 0.376 e. The molecule has 0 aromatic heterocycles. The van der Waals surface area contributed by atoms with E-state index in [4.69, 9.17) is 9.47 Å². The Bertz CT molecular complexity index is 433. The third-order valence-corrected chi connectivity index (χ3v) is 3.20. The van der Waals surface area contributed by atoms with E-state index in [0.29, 0.717) is 13.2 Å². The standard InChI is InChI=1S/C14H18O3/c1-9-4-11(3)13(5-10(9)2)14(15)8-17-12-6-16-7-12/h4-5,12H,6-8H2,1-3H3. The number of Topliss-reactive ketones (excluding diaryl/α,β-unsaturated/α-hetero) is 1. The summed E-state index contributed by atoms with van der Waals surface area (Å²) in [5.74, 6) is 0.0532. The lowest BCUT2D eigenvalue weighted by Gasteiger charge is -2.25. The van der Waals surface area contributed by atoms with Crippen molar-refractivity contribution in [2.24, 2.45) is 0 Å². The maximum Gasteiger partial charge on any atom is 0.188 e. The summed E-state index contributed by atoms with van der Waals surface area (Å²) in [7, 11) is 0. The fourth-order valence-corrected chi connectivity index (χ4v) is 1.84. The van der Waals surface area contributed by atoms with Gasteiger partial charge in [0.2, 0.25) is 0 Å². The number of rotatable bonds is 4. The van der Waals surface area contributed by atoms with E-state index in [9.17, 15) is 4.79 Å². The van der Waals surface area contributed by atoms with Crippen LogP contribution in [0.1, 0.15) is 27.0 Å². The van der Waals surface area contributed by atoms with Crippen molar-refractivity contribution >= 4 is 5.78 Å². The molecule has 1 aliphatic rings. The number of benzene rings is 1. The number of carbonyl (C=O) groups is 1. The second-order valence-corrected chi connectivity index (χ2v) is 4.65. The van der Waals surface area contributed by atoms with Crippen LogP contribution in [0, 0.1) is 20.8 Å². The molecule has 0 bridgehead atoms. The lowest BCUT2D eigenvalue weighted by Crippen LogP contribution is -2.37. The molecule has 0 N–H and O–H groups in total. The van der Waals surface area contributed by atoms with Gasteiger partial charge in [0.1, 0.15) is 12.7 Å². The highest BCUT2D eigenvalue weighted by molar-refractivity contribution is 5.98. The minimum absolute atomic E-state index is 0.0532. The van der Waals surface area contributed by atoms with E-state index in [1.807, 2.05) is 19.9 Å². The molecule has 1 saturated heterocycles. The molecule has 0 saturated carbocycles. The van der Waals surface area contributed by atoms with Crippen LogP contribution in [0.2, 0.25) is 0 Å². The molecular weight excluding hydrogens is 216 g/mol. The maximum absolute atomic E-state index is 12.0. The third kappa shape index (κ3) is 2.73. The second kappa shape index (κ2) is 4.98. The number of hydrogen-bond donors (Lipinski definition) is 0. The van der Waals surface area contributed by atoms with Gasteiger partial charge in [-0.1, -0.05) is 6.07 Å². The first kappa shape index (κ1) is 12.3. The molecule has 3 heteroatoms. The molecule has 92 valence electrons. The second-order valence-electron chi connectivity index (χ2n) is 4.65. The first-order valence-electron chi connectivity index (χ1n) is 5.88. The van der Waals surface area contributed by atoms with Gasteiger partial charge < -0.3 is 9.47 Å². The van der Waals surface area contributed by atoms with Crippen molar-refractivity contribution in [2.75, 3.05) is 19.8 Å². The van der Waals surface area contributed by atoms with Gasteiger partial charge in [0, 0.05) is 5.56 Å². The molecule has 1 aromatic rings. The lowest BCUT2D eigenvalue weighted by molar-refractivity contribution is -0.123. The molecule has 0 radical (unpaired) electrons. The van der Waals surface area contributed by atoms with Crippen LogP contribution in [0.25, 0.3) is 0 Å². The molecule has 1 aliphatic heterocycles. The Labute approximate surface area is 102 Å². The van der Waals surface area contributed by atoms with E-state index in [1.54, 1.807) is 0 Å². The Morgan fingerprint density at radius 2 is 1.88 bits per heavy atom. The van der Waals surface area contributed by atoms with Crippen LogP contribution in [0.3, 0.4) is 0 Å². The fraction of sp³-hybridized carbons (Fsp3) is 0.500. The van der Waals surface area contributed by atoms with E-state index in [2.05, 4.69) is 13.0 Å². The Morgan fingerprint density at radius 3 is 2.47 bits per heavy atom. The van der Waals surface area contributed by atoms with Crippen LogP contribution >= 0.6 is 0 Å². The minimum atomic E-state index is 0.0532. The molecular formula is C14H18O3. The van der Waals surface area contributed by atoms with Crippen LogP contribution in [-0.4, -0.2) is 31.7 Å². The van der Waals surface area contributed by atoms with Gasteiger partial charge in [-0.05, 0) is 43.5 Å². The summed E-state index contributed by atoms with van der Waals surface area (Å²) in [5, 5.41) is 0. The summed E-state index contributed by atoms with van der Waals surface area (Å²) in [5.41, 5.74) is 4.15. The van der Waals surface area contributed by atoms with Crippen molar-refractivity contribution in [1.29, 1.82) is 0 Å². The van der Waals surface area contributed by atoms with E-state index in [-0.39, 0.29) is 18.5 Å². The maximum atomic E-state index is 12.0. The molecule has 1 fully saturated rings. The van der Waals surface area contributed by atoms with Gasteiger partial charge in [0.05, 0.1) is 13.2 Å². The Kier molecular flexibility index (Phi) is 3.60. The summed E-state index contributed by atoms with van der Waals surface area (Å²) < 4.78 is 10.4. The Hall–Kier alpha value is -1.19. The van der Waals surface area contributed by atoms with Crippen LogP contribution in [0.4, 0.5) is 0 Å². The number of ether oxygens (including phenoxy) is 2. The molecule has 0 spiro atoms. The molecule has 0 amide bonds. The normalized spacial score (nSPS) is 15.7. The summed E-state index contributed by atoms with van der Waals surface area (Å²) in [6, 6.07) is 4.00. The number of aryl methyl sites for hydroxylation is 3. The van der Waals surface area contributed by atoms with Crippen LogP contribution < -0.4 is 0 Å². The van der Waals surface area contributed by atoms with Gasteiger partial charge >= 0.3 is 0 Å². The molecule has 0 unspecified atom stereocenters. The van der Waals surface area contributed by atoms with Gasteiger partial charge in [0.25, 0.3) is 0 Å². The molecule has 17 heavy (non-hydrogen) atoms. The highest BCUT2D eigenvalue weighted by atomic mass is 16.6. The van der Waals surface area contributed by atoms with Gasteiger partial charge in [-0.25, -0.2) is 0 Å². The van der Waals surface area contributed by atoms with Gasteiger partial charge in [-0.15, -0.1) is 0 Å². The SMILES string of the molecule is Cc1cc(C)c(C(=O)COC2COC2)cc1C. The number of carbonyl (C=O) groups excluding carboxylic acids is 1. The lowest BCUT2D eigenvalue weighted by atomic mass is 9.98. The summed E-state index contributed by atoms with van der Waals surface area (Å²) in [6.45, 7) is 7.41. The highest BCUT2D eigenvalue weighted by Crippen LogP contribution is 2.16. The van der Waals surface area contributed by atoms with E-state index >= 15 is 0 Å². The van der Waals surface area contributed by atoms with Gasteiger partial charge in [-0.2, -0.15) is 0 Å². The van der Waals surface area contributed by atoms with Crippen molar-refractivity contribution in [1.82, 2.24) is 0 Å². The van der Waals surface area contributed by atoms with Crippen molar-refractivity contribution in [3.8, 4) is 0 Å². The zero-order valence-electron chi connectivity index (χ0n) is 10.6. The quantitative estimate of drug-likeness (QED) is 0.749. The average molecular weight is 234 g/mol. The van der Waals surface area contributed by atoms with Gasteiger partial charge in [-0.3, -0.25) is 4.79 Å². The van der Waals surface area contributed by atoms with E-state index in [0.717, 1.165) is 16.7 Å². The fourth-order valence-electron chi connectivity index (χ4n) is 1.84. The molecule has 1 aromatic carbocycles. The van der Waals surface area contributed by atoms with Crippen molar-refractivity contribution in [3.05, 3.63) is 34.4 Å². The van der Waals surface area contributed by atoms with Crippen molar-refractivity contribution in [2.45, 2.75) is 26.9 Å². The predicted octanol–water partition coefficient (Wildman–Crippen LogP) is 2.21. The average Bonchev–Trinajstić information content (AvgIpc) is 2.21. The van der Waals surface area contributed by atoms with E-state index < -0.39 is 0 Å². The minimum Gasteiger partial charge on any atom is -0.376 e. The molecule has 1 heterocycles. The monoisotopic (exact) mass is 234 g/mol. The van der Waals surface area contributed by atoms with Gasteiger partial charge in [0.15, 0.2) is 5.78 Å². The highest BCUT2D eigenvalue weighted by Gasteiger charge is 2.20. The smallest absolute Gasteiger partial charge is 0.188 e. The predicted molar refractivity (Wildman–Crippen MR) is 65.5 cm³/mol. The molecule has 3 nitrogen and oxygen atoms in total. The first-order valence-corrected chi connectivity index (χ1v) is 5.88. The molecule has 0 atom stereocenters. The zero-order valence-corrected chi connectivity index (χ0v) is 10.6. The Balaban J connectivity index is 2.04. The molecule has 2 rings (SSSR count). The number of hydrogen-bond acceptors (Lipinski definition) is 3. The summed E-state index contributed by atoms with van der Waals surface area (Å²) in [6.07, 6.45) is 0.103. The molecule has 0 aliphatic carbocycles. The van der Waals surface area contributed by atoms with E-state index in [1.165, 1.54) is 5.56 Å². The summed E-state index contributed by atoms with van der Waals surface area (Å²) in [4.78, 5) is 12.0. The zero-order chi connectivity index (χ0) is 12.4. The topological polar surface area (TPSA) is 35.5 Å². The summed E-state index contributed by atoms with van der Waals surface area (Å²) >= 11 is 0. The van der Waals surface area contributed by atoms with Crippen molar-refractivity contribution < 1.29 is 14.3 Å². The van der Waals surface area contributed by atoms with Crippen LogP contribution in [-0.2, 0) is 9.47 Å². The van der Waals surface area contributed by atoms with Crippen LogP contribution in [0.15, 0.2) is 12.1 Å². The van der Waals surface area contributed by atoms with Crippen molar-refractivity contribution in [3.63, 3.8) is 0 Å². The van der Waals surface area contributed by atoms with Crippen LogP contribution in [0.5, 0.6) is 0 Å². The number of ketones is 1. The Morgan fingerprint density at radius 1 is 1.24 bits per heavy atom.